The number of hydrogen-bond acceptors (Lipinski definition) is 12. The summed E-state index contributed by atoms with van der Waals surface area (Å²) in [5.74, 6) is -3.84. The molecule has 4 N–H and O–H groups in total. The van der Waals surface area contributed by atoms with E-state index in [9.17, 15) is 32.3 Å². The highest BCUT2D eigenvalue weighted by molar-refractivity contribution is 6.02. The normalized spacial score (nSPS) is 17.8. The largest absolute Gasteiger partial charge is 0.491 e. The maximum Gasteiger partial charge on any atom is 0.491 e. The fourth-order valence-corrected chi connectivity index (χ4v) is 7.26. The number of amides is 3. The van der Waals surface area contributed by atoms with E-state index in [2.05, 4.69) is 35.9 Å². The zero-order valence-electron chi connectivity index (χ0n) is 33.0. The molecule has 1 saturated carbocycles. The predicted molar refractivity (Wildman–Crippen MR) is 209 cm³/mol. The van der Waals surface area contributed by atoms with Crippen molar-refractivity contribution in [3.05, 3.63) is 60.3 Å². The average molecular weight is 821 g/mol. The van der Waals surface area contributed by atoms with E-state index >= 15 is 0 Å². The number of nitrogens with one attached hydrogen (secondary N) is 2. The monoisotopic (exact) mass is 820 g/mol. The minimum Gasteiger partial charge on any atom is -0.444 e. The van der Waals surface area contributed by atoms with Crippen LogP contribution in [0.4, 0.5) is 29.6 Å². The minimum absolute atomic E-state index is 0.0105. The summed E-state index contributed by atoms with van der Waals surface area (Å²) < 4.78 is 50.1. The molecule has 0 spiro atoms. The van der Waals surface area contributed by atoms with Gasteiger partial charge in [0.15, 0.2) is 0 Å². The molecule has 6 rings (SSSR count). The number of nitrogens with two attached hydrogens (primary N) is 1. The summed E-state index contributed by atoms with van der Waals surface area (Å²) in [4.78, 5) is 63.9. The van der Waals surface area contributed by atoms with Gasteiger partial charge in [0.1, 0.15) is 11.6 Å². The van der Waals surface area contributed by atoms with Crippen molar-refractivity contribution in [2.75, 3.05) is 29.4 Å². The summed E-state index contributed by atoms with van der Waals surface area (Å²) in [6, 6.07) is 12.1. The number of rotatable bonds is 12. The number of hydrogen-bond donors (Lipinski definition) is 3. The summed E-state index contributed by atoms with van der Waals surface area (Å²) in [6.45, 7) is 6.98. The zero-order valence-corrected chi connectivity index (χ0v) is 33.0. The number of alkyl halides is 3. The Labute approximate surface area is 338 Å². The molecule has 2 aromatic carbocycles. The first-order valence-corrected chi connectivity index (χ1v) is 19.5. The number of ether oxygens (including phenoxy) is 2. The van der Waals surface area contributed by atoms with Crippen LogP contribution in [0, 0.1) is 11.8 Å². The third kappa shape index (κ3) is 11.1. The molecular weight excluding hydrogens is 773 g/mol. The molecule has 2 aromatic heterocycles. The van der Waals surface area contributed by atoms with E-state index in [1.807, 2.05) is 4.90 Å². The van der Waals surface area contributed by atoms with Crippen molar-refractivity contribution in [1.82, 2.24) is 35.9 Å². The number of carbonyl (C=O) groups is 4. The highest BCUT2D eigenvalue weighted by Gasteiger charge is 2.42. The van der Waals surface area contributed by atoms with Crippen LogP contribution in [-0.2, 0) is 25.5 Å². The van der Waals surface area contributed by atoms with E-state index in [4.69, 9.17) is 15.2 Å². The van der Waals surface area contributed by atoms with Crippen molar-refractivity contribution in [1.29, 1.82) is 0 Å². The number of halogens is 3. The Morgan fingerprint density at radius 3 is 2.20 bits per heavy atom. The van der Waals surface area contributed by atoms with Crippen molar-refractivity contribution >= 4 is 35.5 Å². The van der Waals surface area contributed by atoms with Crippen LogP contribution in [0.5, 0.6) is 5.88 Å². The van der Waals surface area contributed by atoms with Crippen LogP contribution >= 0.6 is 0 Å². The molecule has 4 aromatic rings. The third-order valence-corrected chi connectivity index (χ3v) is 10.3. The number of tetrazole rings is 1. The Balaban J connectivity index is 1.23. The van der Waals surface area contributed by atoms with Gasteiger partial charge in [0.25, 0.3) is 0 Å². The van der Waals surface area contributed by atoms with Crippen LogP contribution in [0.2, 0.25) is 0 Å². The van der Waals surface area contributed by atoms with E-state index in [-0.39, 0.29) is 29.8 Å². The van der Waals surface area contributed by atoms with E-state index < -0.39 is 47.6 Å². The van der Waals surface area contributed by atoms with Crippen molar-refractivity contribution in [3.63, 3.8) is 0 Å². The van der Waals surface area contributed by atoms with Gasteiger partial charge in [-0.25, -0.2) is 14.6 Å². The molecule has 59 heavy (non-hydrogen) atoms. The quantitative estimate of drug-likeness (QED) is 0.150. The topological polar surface area (TPSA) is 212 Å². The first-order valence-electron chi connectivity index (χ1n) is 19.5. The van der Waals surface area contributed by atoms with Crippen LogP contribution in [0.15, 0.2) is 54.7 Å². The maximum absolute atomic E-state index is 14.5. The lowest BCUT2D eigenvalue weighted by molar-refractivity contribution is -0.189. The maximum atomic E-state index is 14.5. The molecule has 1 atom stereocenters. The van der Waals surface area contributed by atoms with Gasteiger partial charge in [-0.1, -0.05) is 24.3 Å². The van der Waals surface area contributed by atoms with Gasteiger partial charge in [-0.05, 0) is 112 Å². The lowest BCUT2D eigenvalue weighted by Crippen LogP contribution is -2.52. The third-order valence-electron chi connectivity index (χ3n) is 10.3. The number of H-pyrrole nitrogens is 1. The van der Waals surface area contributed by atoms with Crippen molar-refractivity contribution in [3.8, 4) is 28.4 Å². The molecule has 2 aliphatic rings. The molecule has 2 fully saturated rings. The molecule has 0 unspecified atom stereocenters. The molecule has 3 heterocycles. The van der Waals surface area contributed by atoms with Crippen LogP contribution in [0.25, 0.3) is 22.5 Å². The first-order chi connectivity index (χ1) is 28.1. The van der Waals surface area contributed by atoms with Crippen LogP contribution < -0.4 is 25.6 Å². The molecule has 19 heteroatoms. The summed E-state index contributed by atoms with van der Waals surface area (Å²) in [7, 11) is 0. The molecule has 314 valence electrons. The highest BCUT2D eigenvalue weighted by Crippen LogP contribution is 2.35. The van der Waals surface area contributed by atoms with Crippen molar-refractivity contribution in [2.24, 2.45) is 17.6 Å². The number of benzene rings is 2. The van der Waals surface area contributed by atoms with Crippen LogP contribution in [0.3, 0.4) is 0 Å². The Kier molecular flexibility index (Phi) is 13.1. The molecule has 3 amide bonds. The number of aromatic amines is 1. The molecule has 0 bridgehead atoms. The van der Waals surface area contributed by atoms with Crippen molar-refractivity contribution in [2.45, 2.75) is 90.0 Å². The Hall–Kier alpha value is -6.14. The van der Waals surface area contributed by atoms with Gasteiger partial charge in [-0.2, -0.15) is 23.4 Å². The van der Waals surface area contributed by atoms with Gasteiger partial charge in [0, 0.05) is 49.4 Å². The number of alkyl carbamates (subject to hydrolysis) is 1. The standard InChI is InChI=1S/C40H47F3N10O6/c1-39(2,3)59-38(57)46-22-25-9-13-28(14-10-25)35(55)53(29-17-15-27(16-18-29)33-48-50-51-49-33)31(32(44)54)21-24-7-11-26(12-8-24)30-23-45-37(52-19-5-4-6-20-52)47-34(30)58-36(56)40(41,42)43/h7-8,11-12,15-18,23,25,28,31H,4-6,9-10,13-14,19-22H2,1-3H3,(H2,44,54)(H,46,57)(H,48,49,50,51)/t25?,28?,31-/m0/s1. The molecule has 0 radical (unpaired) electrons. The van der Waals surface area contributed by atoms with E-state index in [1.165, 1.54) is 11.1 Å². The van der Waals surface area contributed by atoms with Gasteiger partial charge in [0.05, 0.1) is 5.56 Å². The molecule has 1 aliphatic carbocycles. The smallest absolute Gasteiger partial charge is 0.444 e. The highest BCUT2D eigenvalue weighted by atomic mass is 19.4. The van der Waals surface area contributed by atoms with Gasteiger partial charge in [-0.15, -0.1) is 10.2 Å². The van der Waals surface area contributed by atoms with Crippen LogP contribution in [-0.4, -0.2) is 91.9 Å². The summed E-state index contributed by atoms with van der Waals surface area (Å²) in [5.41, 5.74) is 7.43. The van der Waals surface area contributed by atoms with E-state index in [0.29, 0.717) is 73.5 Å². The molecular formula is C40H47F3N10O6. The fraction of sp³-hybridized carbons (Fsp3) is 0.475. The molecule has 16 nitrogen and oxygen atoms in total. The second kappa shape index (κ2) is 18.2. The summed E-state index contributed by atoms with van der Waals surface area (Å²) in [5, 5.41) is 16.8. The second-order valence-corrected chi connectivity index (χ2v) is 15.7. The van der Waals surface area contributed by atoms with E-state index in [0.717, 1.165) is 19.3 Å². The first kappa shape index (κ1) is 42.5. The minimum atomic E-state index is -5.25. The van der Waals surface area contributed by atoms with Gasteiger partial charge in [0.2, 0.25) is 29.5 Å². The molecule has 1 saturated heterocycles. The predicted octanol–water partition coefficient (Wildman–Crippen LogP) is 5.54. The number of aromatic nitrogens is 6. The Morgan fingerprint density at radius 2 is 1.61 bits per heavy atom. The number of nitrogens with zero attached hydrogens (tertiary/aromatic N) is 7. The van der Waals surface area contributed by atoms with Crippen molar-refractivity contribution < 1.29 is 41.8 Å². The number of primary amides is 1. The summed E-state index contributed by atoms with van der Waals surface area (Å²) in [6.07, 6.45) is 0.609. The van der Waals surface area contributed by atoms with E-state index in [1.54, 1.807) is 69.3 Å². The fourth-order valence-electron chi connectivity index (χ4n) is 7.26. The Morgan fingerprint density at radius 1 is 0.949 bits per heavy atom. The SMILES string of the molecule is CC(C)(C)OC(=O)NCC1CCC(C(=O)N(c2ccc(-c3nn[nH]n3)cc2)[C@@H](Cc2ccc(-c3cnc(N4CCCCC4)nc3OC(=O)C(F)(F)F)cc2)C(N)=O)CC1. The van der Waals surface area contributed by atoms with Gasteiger partial charge < -0.3 is 25.4 Å². The summed E-state index contributed by atoms with van der Waals surface area (Å²) >= 11 is 0. The van der Waals surface area contributed by atoms with Gasteiger partial charge in [-0.3, -0.25) is 14.5 Å². The second-order valence-electron chi connectivity index (χ2n) is 15.7. The lowest BCUT2D eigenvalue weighted by atomic mass is 9.81. The van der Waals surface area contributed by atoms with Crippen LogP contribution in [0.1, 0.15) is 71.3 Å². The number of esters is 1. The molecule has 1 aliphatic heterocycles. The number of carbonyl (C=O) groups excluding carboxylic acids is 4. The lowest BCUT2D eigenvalue weighted by Gasteiger charge is -2.36. The zero-order chi connectivity index (χ0) is 42.3. The van der Waals surface area contributed by atoms with Gasteiger partial charge >= 0.3 is 18.2 Å². The Bertz CT molecular complexity index is 2080. The number of anilines is 2. The number of piperidine rings is 1. The average Bonchev–Trinajstić information content (AvgIpc) is 3.75.